The van der Waals surface area contributed by atoms with E-state index in [0.29, 0.717) is 0 Å². The van der Waals surface area contributed by atoms with Crippen LogP contribution in [0.5, 0.6) is 0 Å². The highest BCUT2D eigenvalue weighted by Gasteiger charge is 2.29. The minimum Gasteiger partial charge on any atom is -0.314 e. The number of hydrogen-bond acceptors (Lipinski definition) is 3. The molecule has 0 aliphatic carbocycles. The minimum atomic E-state index is 0.776. The van der Waals surface area contributed by atoms with Crippen LogP contribution in [0.2, 0.25) is 0 Å². The zero-order valence-electron chi connectivity index (χ0n) is 12.7. The Morgan fingerprint density at radius 2 is 2.30 bits per heavy atom. The SMILES string of the molecule is CCCn1nccc1CN1CCCC(C2CCCN2)C1. The zero-order chi connectivity index (χ0) is 13.8. The molecule has 1 aromatic rings. The van der Waals surface area contributed by atoms with Crippen LogP contribution in [0.15, 0.2) is 12.3 Å². The van der Waals surface area contributed by atoms with Gasteiger partial charge in [-0.25, -0.2) is 0 Å². The first kappa shape index (κ1) is 14.1. The molecular weight excluding hydrogens is 248 g/mol. The molecule has 4 nitrogen and oxygen atoms in total. The van der Waals surface area contributed by atoms with E-state index in [4.69, 9.17) is 0 Å². The summed E-state index contributed by atoms with van der Waals surface area (Å²) in [5.41, 5.74) is 1.38. The molecule has 2 aliphatic rings. The second-order valence-corrected chi connectivity index (χ2v) is 6.39. The molecule has 3 heterocycles. The molecule has 112 valence electrons. The van der Waals surface area contributed by atoms with Crippen LogP contribution in [0.3, 0.4) is 0 Å². The lowest BCUT2D eigenvalue weighted by Gasteiger charge is -2.35. The number of aryl methyl sites for hydroxylation is 1. The standard InChI is InChI=1S/C16H28N4/c1-2-10-20-15(7-9-18-20)13-19-11-4-5-14(12-19)16-6-3-8-17-16/h7,9,14,16-17H,2-6,8,10-13H2,1H3. The molecule has 1 aromatic heterocycles. The number of aromatic nitrogens is 2. The van der Waals surface area contributed by atoms with Gasteiger partial charge in [0.1, 0.15) is 0 Å². The minimum absolute atomic E-state index is 0.776. The topological polar surface area (TPSA) is 33.1 Å². The van der Waals surface area contributed by atoms with Crippen molar-refractivity contribution in [1.82, 2.24) is 20.0 Å². The summed E-state index contributed by atoms with van der Waals surface area (Å²) >= 11 is 0. The second-order valence-electron chi connectivity index (χ2n) is 6.39. The average Bonchev–Trinajstić information content (AvgIpc) is 3.12. The molecule has 2 saturated heterocycles. The molecule has 0 spiro atoms. The van der Waals surface area contributed by atoms with Gasteiger partial charge in [0.15, 0.2) is 0 Å². The van der Waals surface area contributed by atoms with E-state index < -0.39 is 0 Å². The van der Waals surface area contributed by atoms with Crippen molar-refractivity contribution in [3.8, 4) is 0 Å². The van der Waals surface area contributed by atoms with E-state index in [9.17, 15) is 0 Å². The fourth-order valence-corrected chi connectivity index (χ4v) is 3.81. The van der Waals surface area contributed by atoms with Crippen LogP contribution in [-0.2, 0) is 13.1 Å². The van der Waals surface area contributed by atoms with Crippen molar-refractivity contribution >= 4 is 0 Å². The molecule has 0 radical (unpaired) electrons. The molecule has 2 aliphatic heterocycles. The predicted molar refractivity (Wildman–Crippen MR) is 81.5 cm³/mol. The van der Waals surface area contributed by atoms with Crippen molar-refractivity contribution < 1.29 is 0 Å². The third-order valence-corrected chi connectivity index (χ3v) is 4.83. The maximum absolute atomic E-state index is 4.45. The van der Waals surface area contributed by atoms with E-state index in [1.165, 1.54) is 51.0 Å². The number of nitrogens with one attached hydrogen (secondary N) is 1. The summed E-state index contributed by atoms with van der Waals surface area (Å²) in [6, 6.07) is 2.96. The van der Waals surface area contributed by atoms with Gasteiger partial charge < -0.3 is 5.32 Å². The summed E-state index contributed by atoms with van der Waals surface area (Å²) in [5.74, 6) is 0.855. The van der Waals surface area contributed by atoms with Crippen molar-refractivity contribution in [2.45, 2.75) is 58.2 Å². The Bertz CT molecular complexity index is 408. The molecule has 4 heteroatoms. The molecule has 1 N–H and O–H groups in total. The Hall–Kier alpha value is -0.870. The Morgan fingerprint density at radius 1 is 1.35 bits per heavy atom. The van der Waals surface area contributed by atoms with Crippen LogP contribution in [0.25, 0.3) is 0 Å². The number of nitrogens with zero attached hydrogens (tertiary/aromatic N) is 3. The zero-order valence-corrected chi connectivity index (χ0v) is 12.7. The molecular formula is C16H28N4. The average molecular weight is 276 g/mol. The summed E-state index contributed by atoms with van der Waals surface area (Å²) in [6.45, 7) is 8.07. The van der Waals surface area contributed by atoms with Crippen molar-refractivity contribution in [3.63, 3.8) is 0 Å². The van der Waals surface area contributed by atoms with E-state index in [-0.39, 0.29) is 0 Å². The van der Waals surface area contributed by atoms with Gasteiger partial charge in [-0.3, -0.25) is 9.58 Å². The lowest BCUT2D eigenvalue weighted by atomic mass is 9.90. The lowest BCUT2D eigenvalue weighted by molar-refractivity contribution is 0.142. The second kappa shape index (κ2) is 6.72. The summed E-state index contributed by atoms with van der Waals surface area (Å²) < 4.78 is 2.18. The fourth-order valence-electron chi connectivity index (χ4n) is 3.81. The Kier molecular flexibility index (Phi) is 4.73. The Labute approximate surface area is 122 Å². The first-order valence-electron chi connectivity index (χ1n) is 8.33. The monoisotopic (exact) mass is 276 g/mol. The van der Waals surface area contributed by atoms with Gasteiger partial charge in [0.25, 0.3) is 0 Å². The third kappa shape index (κ3) is 3.23. The van der Waals surface area contributed by atoms with Gasteiger partial charge in [-0.2, -0.15) is 5.10 Å². The maximum Gasteiger partial charge on any atom is 0.0524 e. The highest BCUT2D eigenvalue weighted by molar-refractivity contribution is 5.01. The molecule has 20 heavy (non-hydrogen) atoms. The largest absolute Gasteiger partial charge is 0.314 e. The predicted octanol–water partition coefficient (Wildman–Crippen LogP) is 2.26. The molecule has 0 amide bonds. The molecule has 2 fully saturated rings. The number of piperidine rings is 1. The van der Waals surface area contributed by atoms with Gasteiger partial charge in [-0.1, -0.05) is 6.92 Å². The van der Waals surface area contributed by atoms with Gasteiger partial charge in [0.2, 0.25) is 0 Å². The van der Waals surface area contributed by atoms with Crippen molar-refractivity contribution in [2.24, 2.45) is 5.92 Å². The van der Waals surface area contributed by atoms with Gasteiger partial charge >= 0.3 is 0 Å². The van der Waals surface area contributed by atoms with Crippen molar-refractivity contribution in [1.29, 1.82) is 0 Å². The first-order chi connectivity index (χ1) is 9.86. The van der Waals surface area contributed by atoms with E-state index in [2.05, 4.69) is 33.0 Å². The fraction of sp³-hybridized carbons (Fsp3) is 0.812. The number of likely N-dealkylation sites (tertiary alicyclic amines) is 1. The highest BCUT2D eigenvalue weighted by atomic mass is 15.3. The maximum atomic E-state index is 4.45. The van der Waals surface area contributed by atoms with Crippen molar-refractivity contribution in [3.05, 3.63) is 18.0 Å². The molecule has 0 saturated carbocycles. The summed E-state index contributed by atoms with van der Waals surface area (Å²) in [7, 11) is 0. The van der Waals surface area contributed by atoms with E-state index in [1.54, 1.807) is 0 Å². The Morgan fingerprint density at radius 3 is 3.10 bits per heavy atom. The first-order valence-corrected chi connectivity index (χ1v) is 8.33. The van der Waals surface area contributed by atoms with Crippen LogP contribution in [0.1, 0.15) is 44.7 Å². The van der Waals surface area contributed by atoms with Crippen LogP contribution >= 0.6 is 0 Å². The van der Waals surface area contributed by atoms with Crippen LogP contribution < -0.4 is 5.32 Å². The van der Waals surface area contributed by atoms with Crippen LogP contribution in [0.4, 0.5) is 0 Å². The van der Waals surface area contributed by atoms with Crippen LogP contribution in [-0.4, -0.2) is 40.4 Å². The summed E-state index contributed by atoms with van der Waals surface area (Å²) in [5, 5.41) is 8.14. The van der Waals surface area contributed by atoms with Crippen molar-refractivity contribution in [2.75, 3.05) is 19.6 Å². The van der Waals surface area contributed by atoms with E-state index in [0.717, 1.165) is 31.5 Å². The van der Waals surface area contributed by atoms with Gasteiger partial charge in [0.05, 0.1) is 5.69 Å². The summed E-state index contributed by atoms with van der Waals surface area (Å²) in [4.78, 5) is 2.64. The van der Waals surface area contributed by atoms with E-state index in [1.807, 2.05) is 6.20 Å². The molecule has 2 atom stereocenters. The van der Waals surface area contributed by atoms with Gasteiger partial charge in [-0.05, 0) is 57.2 Å². The third-order valence-electron chi connectivity index (χ3n) is 4.83. The smallest absolute Gasteiger partial charge is 0.0524 e. The highest BCUT2D eigenvalue weighted by Crippen LogP contribution is 2.25. The quantitative estimate of drug-likeness (QED) is 0.895. The number of hydrogen-bond donors (Lipinski definition) is 1. The number of rotatable bonds is 5. The normalized spacial score (nSPS) is 28.1. The lowest BCUT2D eigenvalue weighted by Crippen LogP contribution is -2.43. The van der Waals surface area contributed by atoms with E-state index >= 15 is 0 Å². The summed E-state index contributed by atoms with van der Waals surface area (Å²) in [6.07, 6.45) is 8.61. The van der Waals surface area contributed by atoms with Gasteiger partial charge in [0, 0.05) is 31.9 Å². The van der Waals surface area contributed by atoms with Crippen LogP contribution in [0, 0.1) is 5.92 Å². The molecule has 3 rings (SSSR count). The molecule has 0 bridgehead atoms. The molecule has 2 unspecified atom stereocenters. The van der Waals surface area contributed by atoms with Gasteiger partial charge in [-0.15, -0.1) is 0 Å². The molecule has 0 aromatic carbocycles. The Balaban J connectivity index is 1.57.